The van der Waals surface area contributed by atoms with Crippen molar-refractivity contribution in [3.8, 4) is 0 Å². The molecule has 0 saturated heterocycles. The molecule has 0 aromatic carbocycles. The maximum Gasteiger partial charge on any atom is 0.220 e. The highest BCUT2D eigenvalue weighted by molar-refractivity contribution is 5.75. The van der Waals surface area contributed by atoms with Crippen LogP contribution in [-0.4, -0.2) is 19.1 Å². The van der Waals surface area contributed by atoms with Crippen molar-refractivity contribution in [3.05, 3.63) is 0 Å². The Morgan fingerprint density at radius 1 is 1.50 bits per heavy atom. The predicted molar refractivity (Wildman–Crippen MR) is 38.1 cm³/mol. The lowest BCUT2D eigenvalue weighted by Gasteiger charge is -1.99. The fourth-order valence-electron chi connectivity index (χ4n) is 0.586. The molecule has 0 rings (SSSR count). The summed E-state index contributed by atoms with van der Waals surface area (Å²) in [5.74, 6) is -0.00213. The van der Waals surface area contributed by atoms with Gasteiger partial charge in [0, 0.05) is 13.0 Å². The Morgan fingerprint density at radius 3 is 2.70 bits per heavy atom. The molecular formula is C7H14NO2. The quantitative estimate of drug-likeness (QED) is 0.607. The lowest BCUT2D eigenvalue weighted by molar-refractivity contribution is -0.121. The third-order valence-corrected chi connectivity index (χ3v) is 1.12. The van der Waals surface area contributed by atoms with Gasteiger partial charge in [-0.2, -0.15) is 0 Å². The number of carbonyl (C=O) groups excluding carboxylic acids is 1. The van der Waals surface area contributed by atoms with Gasteiger partial charge in [0.15, 0.2) is 0 Å². The zero-order valence-electron chi connectivity index (χ0n) is 6.35. The Morgan fingerprint density at radius 2 is 2.20 bits per heavy atom. The molecule has 0 unspecified atom stereocenters. The van der Waals surface area contributed by atoms with Gasteiger partial charge in [0.05, 0.1) is 6.61 Å². The molecule has 0 spiro atoms. The zero-order chi connectivity index (χ0) is 7.82. The third-order valence-electron chi connectivity index (χ3n) is 1.12. The SMILES string of the molecule is CCCNC(=O)CCC[O]. The van der Waals surface area contributed by atoms with Gasteiger partial charge in [-0.15, -0.1) is 0 Å². The lowest BCUT2D eigenvalue weighted by Crippen LogP contribution is -2.23. The monoisotopic (exact) mass is 144 g/mol. The fraction of sp³-hybridized carbons (Fsp3) is 0.857. The Labute approximate surface area is 61.4 Å². The third kappa shape index (κ3) is 5.56. The maximum atomic E-state index is 10.7. The van der Waals surface area contributed by atoms with Crippen LogP contribution in [0.4, 0.5) is 0 Å². The Kier molecular flexibility index (Phi) is 6.18. The van der Waals surface area contributed by atoms with Crippen LogP contribution in [0.3, 0.4) is 0 Å². The van der Waals surface area contributed by atoms with Crippen LogP contribution in [0.25, 0.3) is 0 Å². The summed E-state index contributed by atoms with van der Waals surface area (Å²) in [5, 5.41) is 12.6. The molecule has 0 saturated carbocycles. The van der Waals surface area contributed by atoms with Crippen LogP contribution >= 0.6 is 0 Å². The zero-order valence-corrected chi connectivity index (χ0v) is 6.35. The number of hydrogen-bond donors (Lipinski definition) is 1. The predicted octanol–water partition coefficient (Wildman–Crippen LogP) is 0.723. The standard InChI is InChI=1S/C7H14NO2/c1-2-5-8-7(10)4-3-6-9/h2-6H2,1H3,(H,8,10). The highest BCUT2D eigenvalue weighted by Gasteiger charge is 1.97. The smallest absolute Gasteiger partial charge is 0.220 e. The van der Waals surface area contributed by atoms with Gasteiger partial charge in [-0.3, -0.25) is 4.79 Å². The van der Waals surface area contributed by atoms with Crippen LogP contribution in [0.5, 0.6) is 0 Å². The number of rotatable bonds is 5. The molecule has 0 atom stereocenters. The molecule has 0 bridgehead atoms. The molecule has 0 fully saturated rings. The topological polar surface area (TPSA) is 49.0 Å². The average molecular weight is 144 g/mol. The molecule has 3 heteroatoms. The van der Waals surface area contributed by atoms with E-state index in [4.69, 9.17) is 0 Å². The Hall–Kier alpha value is -0.570. The summed E-state index contributed by atoms with van der Waals surface area (Å²) >= 11 is 0. The molecule has 1 radical (unpaired) electrons. The molecule has 0 heterocycles. The lowest BCUT2D eigenvalue weighted by atomic mass is 10.3. The van der Waals surface area contributed by atoms with Crippen molar-refractivity contribution in [2.75, 3.05) is 13.2 Å². The van der Waals surface area contributed by atoms with Crippen LogP contribution in [-0.2, 0) is 9.90 Å². The largest absolute Gasteiger partial charge is 0.356 e. The minimum atomic E-state index is -0.153. The van der Waals surface area contributed by atoms with Crippen molar-refractivity contribution in [2.24, 2.45) is 0 Å². The summed E-state index contributed by atoms with van der Waals surface area (Å²) in [5.41, 5.74) is 0. The molecule has 10 heavy (non-hydrogen) atoms. The maximum absolute atomic E-state index is 10.7. The van der Waals surface area contributed by atoms with Gasteiger partial charge < -0.3 is 5.32 Å². The van der Waals surface area contributed by atoms with E-state index in [2.05, 4.69) is 5.32 Å². The number of carbonyl (C=O) groups is 1. The van der Waals surface area contributed by atoms with E-state index in [0.717, 1.165) is 13.0 Å². The molecule has 0 aromatic rings. The fourth-order valence-corrected chi connectivity index (χ4v) is 0.586. The summed E-state index contributed by atoms with van der Waals surface area (Å²) in [6.45, 7) is 2.56. The van der Waals surface area contributed by atoms with Gasteiger partial charge in [0.25, 0.3) is 0 Å². The highest BCUT2D eigenvalue weighted by atomic mass is 16.3. The second kappa shape index (κ2) is 6.55. The van der Waals surface area contributed by atoms with E-state index in [9.17, 15) is 9.90 Å². The summed E-state index contributed by atoms with van der Waals surface area (Å²) in [7, 11) is 0. The van der Waals surface area contributed by atoms with Crippen molar-refractivity contribution in [1.82, 2.24) is 5.32 Å². The minimum Gasteiger partial charge on any atom is -0.356 e. The first-order valence-electron chi connectivity index (χ1n) is 3.66. The van der Waals surface area contributed by atoms with Gasteiger partial charge in [-0.05, 0) is 12.8 Å². The first-order valence-corrected chi connectivity index (χ1v) is 3.66. The first-order chi connectivity index (χ1) is 4.81. The summed E-state index contributed by atoms with van der Waals surface area (Å²) in [4.78, 5) is 10.7. The Bertz CT molecular complexity index is 83.6. The number of amides is 1. The highest BCUT2D eigenvalue weighted by Crippen LogP contribution is 1.86. The molecule has 0 aromatic heterocycles. The first kappa shape index (κ1) is 9.43. The van der Waals surface area contributed by atoms with Crippen LogP contribution in [0, 0.1) is 0 Å². The molecule has 0 aliphatic heterocycles. The second-order valence-corrected chi connectivity index (χ2v) is 2.16. The van der Waals surface area contributed by atoms with E-state index in [-0.39, 0.29) is 12.5 Å². The van der Waals surface area contributed by atoms with E-state index in [1.54, 1.807) is 0 Å². The molecule has 59 valence electrons. The molecule has 3 nitrogen and oxygen atoms in total. The van der Waals surface area contributed by atoms with Crippen LogP contribution in [0.1, 0.15) is 26.2 Å². The normalized spacial score (nSPS) is 9.40. The average Bonchev–Trinajstić information content (AvgIpc) is 1.97. The van der Waals surface area contributed by atoms with E-state index in [1.807, 2.05) is 6.92 Å². The van der Waals surface area contributed by atoms with E-state index >= 15 is 0 Å². The van der Waals surface area contributed by atoms with E-state index in [1.165, 1.54) is 0 Å². The van der Waals surface area contributed by atoms with E-state index in [0.29, 0.717) is 12.8 Å². The molecule has 0 aliphatic rings. The molecule has 1 amide bonds. The van der Waals surface area contributed by atoms with Crippen molar-refractivity contribution in [3.63, 3.8) is 0 Å². The number of nitrogens with one attached hydrogen (secondary N) is 1. The summed E-state index contributed by atoms with van der Waals surface area (Å²) in [6.07, 6.45) is 1.78. The minimum absolute atomic E-state index is 0.00213. The van der Waals surface area contributed by atoms with Crippen molar-refractivity contribution in [1.29, 1.82) is 0 Å². The van der Waals surface area contributed by atoms with Crippen molar-refractivity contribution >= 4 is 5.91 Å². The molecule has 1 N–H and O–H groups in total. The van der Waals surface area contributed by atoms with Crippen LogP contribution < -0.4 is 5.32 Å². The second-order valence-electron chi connectivity index (χ2n) is 2.16. The molecule has 0 aliphatic carbocycles. The van der Waals surface area contributed by atoms with Gasteiger partial charge in [0.2, 0.25) is 5.91 Å². The van der Waals surface area contributed by atoms with Crippen molar-refractivity contribution in [2.45, 2.75) is 26.2 Å². The summed E-state index contributed by atoms with van der Waals surface area (Å²) < 4.78 is 0. The Balaban J connectivity index is 3.09. The van der Waals surface area contributed by atoms with Crippen LogP contribution in [0.15, 0.2) is 0 Å². The molecular weight excluding hydrogens is 130 g/mol. The van der Waals surface area contributed by atoms with Crippen LogP contribution in [0.2, 0.25) is 0 Å². The van der Waals surface area contributed by atoms with Gasteiger partial charge in [0.1, 0.15) is 0 Å². The van der Waals surface area contributed by atoms with Gasteiger partial charge in [-0.25, -0.2) is 5.11 Å². The van der Waals surface area contributed by atoms with Gasteiger partial charge in [-0.1, -0.05) is 6.92 Å². The summed E-state index contributed by atoms with van der Waals surface area (Å²) in [6, 6.07) is 0. The van der Waals surface area contributed by atoms with Crippen molar-refractivity contribution < 1.29 is 9.90 Å². The van der Waals surface area contributed by atoms with E-state index < -0.39 is 0 Å². The number of hydrogen-bond acceptors (Lipinski definition) is 1. The van der Waals surface area contributed by atoms with Gasteiger partial charge >= 0.3 is 0 Å².